The molecule has 0 aliphatic heterocycles. The minimum Gasteiger partial charge on any atom is -0.495 e. The summed E-state index contributed by atoms with van der Waals surface area (Å²) < 4.78 is 11.5. The van der Waals surface area contributed by atoms with Gasteiger partial charge in [-0.25, -0.2) is 0 Å². The first kappa shape index (κ1) is 10.6. The molecule has 16 heavy (non-hydrogen) atoms. The molecular weight excluding hydrogens is 204 g/mol. The van der Waals surface area contributed by atoms with Crippen LogP contribution in [0.15, 0.2) is 12.8 Å². The van der Waals surface area contributed by atoms with Crippen LogP contribution in [0.2, 0.25) is 0 Å². The zero-order valence-corrected chi connectivity index (χ0v) is 9.87. The van der Waals surface area contributed by atoms with Crippen molar-refractivity contribution in [3.8, 4) is 0 Å². The van der Waals surface area contributed by atoms with Crippen LogP contribution in [0.3, 0.4) is 0 Å². The van der Waals surface area contributed by atoms with Gasteiger partial charge in [0.25, 0.3) is 0 Å². The second-order valence-corrected chi connectivity index (χ2v) is 6.09. The second-order valence-electron chi connectivity index (χ2n) is 6.09. The van der Waals surface area contributed by atoms with Crippen molar-refractivity contribution in [2.24, 2.45) is 5.92 Å². The Balaban J connectivity index is 1.97. The van der Waals surface area contributed by atoms with Gasteiger partial charge in [0.15, 0.2) is 0 Å². The van der Waals surface area contributed by atoms with Gasteiger partial charge in [-0.05, 0) is 25.2 Å². The molecule has 4 fully saturated rings. The molecule has 4 rings (SSSR count). The smallest absolute Gasteiger partial charge is 0.114 e. The molecule has 4 aliphatic carbocycles. The van der Waals surface area contributed by atoms with Crippen molar-refractivity contribution < 1.29 is 14.6 Å². The second kappa shape index (κ2) is 3.02. The molecule has 0 aromatic heterocycles. The number of ether oxygens (including phenoxy) is 2. The zero-order valence-electron chi connectivity index (χ0n) is 9.87. The molecule has 0 saturated heterocycles. The Kier molecular flexibility index (Phi) is 2.00. The summed E-state index contributed by atoms with van der Waals surface area (Å²) in [4.78, 5) is 0. The van der Waals surface area contributed by atoms with Crippen molar-refractivity contribution in [1.29, 1.82) is 0 Å². The van der Waals surface area contributed by atoms with Gasteiger partial charge in [0.2, 0.25) is 0 Å². The van der Waals surface area contributed by atoms with Crippen molar-refractivity contribution in [2.45, 2.75) is 55.3 Å². The van der Waals surface area contributed by atoms with Crippen LogP contribution in [0.4, 0.5) is 0 Å². The average Bonchev–Trinajstić information content (AvgIpc) is 2.13. The van der Waals surface area contributed by atoms with Crippen molar-refractivity contribution in [3.63, 3.8) is 0 Å². The number of hydrogen-bond acceptors (Lipinski definition) is 3. The quantitative estimate of drug-likeness (QED) is 0.745. The highest BCUT2D eigenvalue weighted by Gasteiger charge is 2.64. The highest BCUT2D eigenvalue weighted by Crippen LogP contribution is 2.61. The Hall–Kier alpha value is -0.540. The molecule has 0 aromatic carbocycles. The Morgan fingerprint density at radius 1 is 1.19 bits per heavy atom. The molecular formula is C13H20O3. The molecule has 4 bridgehead atoms. The fourth-order valence-electron chi connectivity index (χ4n) is 4.75. The predicted octanol–water partition coefficient (Wildman–Crippen LogP) is 2.00. The molecule has 4 saturated carbocycles. The fourth-order valence-corrected chi connectivity index (χ4v) is 4.75. The minimum atomic E-state index is -0.571. The fraction of sp³-hybridized carbons (Fsp3) is 0.846. The van der Waals surface area contributed by atoms with Gasteiger partial charge in [0, 0.05) is 26.4 Å². The SMILES string of the molecule is C=COC12CC3CC(O)(CC(OC)(C3)C1)C2. The third kappa shape index (κ3) is 1.34. The lowest BCUT2D eigenvalue weighted by atomic mass is 9.50. The number of rotatable bonds is 3. The largest absolute Gasteiger partial charge is 0.495 e. The Labute approximate surface area is 96.4 Å². The monoisotopic (exact) mass is 224 g/mol. The van der Waals surface area contributed by atoms with Gasteiger partial charge in [0.1, 0.15) is 5.60 Å². The average molecular weight is 224 g/mol. The first-order chi connectivity index (χ1) is 7.53. The maximum atomic E-state index is 10.6. The summed E-state index contributed by atoms with van der Waals surface area (Å²) in [5.41, 5.74) is -0.943. The molecule has 90 valence electrons. The van der Waals surface area contributed by atoms with Gasteiger partial charge >= 0.3 is 0 Å². The van der Waals surface area contributed by atoms with E-state index in [9.17, 15) is 5.11 Å². The lowest BCUT2D eigenvalue weighted by Crippen LogP contribution is -2.66. The maximum Gasteiger partial charge on any atom is 0.114 e. The number of aliphatic hydroxyl groups is 1. The molecule has 0 spiro atoms. The Morgan fingerprint density at radius 2 is 1.88 bits per heavy atom. The van der Waals surface area contributed by atoms with Crippen LogP contribution in [-0.2, 0) is 9.47 Å². The van der Waals surface area contributed by atoms with Gasteiger partial charge in [0.05, 0.1) is 17.5 Å². The van der Waals surface area contributed by atoms with Crippen LogP contribution >= 0.6 is 0 Å². The molecule has 0 radical (unpaired) electrons. The van der Waals surface area contributed by atoms with Crippen LogP contribution in [0.25, 0.3) is 0 Å². The Morgan fingerprint density at radius 3 is 2.50 bits per heavy atom. The topological polar surface area (TPSA) is 38.7 Å². The summed E-state index contributed by atoms with van der Waals surface area (Å²) in [6, 6.07) is 0. The van der Waals surface area contributed by atoms with Crippen LogP contribution in [0, 0.1) is 5.92 Å². The summed E-state index contributed by atoms with van der Waals surface area (Å²) in [6.07, 6.45) is 6.99. The van der Waals surface area contributed by atoms with E-state index >= 15 is 0 Å². The molecule has 4 atom stereocenters. The van der Waals surface area contributed by atoms with E-state index < -0.39 is 5.60 Å². The van der Waals surface area contributed by atoms with Gasteiger partial charge < -0.3 is 14.6 Å². The summed E-state index contributed by atoms with van der Waals surface area (Å²) in [5.74, 6) is 0.543. The zero-order chi connectivity index (χ0) is 11.4. The van der Waals surface area contributed by atoms with Crippen molar-refractivity contribution in [2.75, 3.05) is 7.11 Å². The van der Waals surface area contributed by atoms with Crippen LogP contribution in [0.1, 0.15) is 38.5 Å². The van der Waals surface area contributed by atoms with Crippen molar-refractivity contribution in [3.05, 3.63) is 12.8 Å². The van der Waals surface area contributed by atoms with E-state index in [0.717, 1.165) is 38.5 Å². The van der Waals surface area contributed by atoms with E-state index in [1.165, 1.54) is 6.26 Å². The summed E-state index contributed by atoms with van der Waals surface area (Å²) in [6.45, 7) is 3.66. The number of methoxy groups -OCH3 is 1. The first-order valence-corrected chi connectivity index (χ1v) is 6.09. The highest BCUT2D eigenvalue weighted by atomic mass is 16.5. The number of hydrogen-bond donors (Lipinski definition) is 1. The van der Waals surface area contributed by atoms with E-state index in [1.54, 1.807) is 7.11 Å². The van der Waals surface area contributed by atoms with Crippen LogP contribution < -0.4 is 0 Å². The van der Waals surface area contributed by atoms with E-state index in [2.05, 4.69) is 6.58 Å². The van der Waals surface area contributed by atoms with Crippen molar-refractivity contribution in [1.82, 2.24) is 0 Å². The van der Waals surface area contributed by atoms with Crippen LogP contribution in [-0.4, -0.2) is 29.0 Å². The van der Waals surface area contributed by atoms with E-state index in [4.69, 9.17) is 9.47 Å². The third-order valence-corrected chi connectivity index (χ3v) is 4.70. The highest BCUT2D eigenvalue weighted by molar-refractivity contribution is 5.16. The van der Waals surface area contributed by atoms with E-state index in [0.29, 0.717) is 5.92 Å². The Bertz CT molecular complexity index is 329. The molecule has 0 amide bonds. The van der Waals surface area contributed by atoms with E-state index in [-0.39, 0.29) is 11.2 Å². The molecule has 3 nitrogen and oxygen atoms in total. The molecule has 1 N–H and O–H groups in total. The lowest BCUT2D eigenvalue weighted by Gasteiger charge is -2.63. The van der Waals surface area contributed by atoms with Gasteiger partial charge in [-0.3, -0.25) is 0 Å². The van der Waals surface area contributed by atoms with Gasteiger partial charge in [-0.1, -0.05) is 6.58 Å². The molecule has 4 unspecified atom stereocenters. The normalized spacial score (nSPS) is 54.0. The predicted molar refractivity (Wildman–Crippen MR) is 59.9 cm³/mol. The molecule has 3 heteroatoms. The van der Waals surface area contributed by atoms with E-state index in [1.807, 2.05) is 0 Å². The first-order valence-electron chi connectivity index (χ1n) is 6.09. The van der Waals surface area contributed by atoms with Crippen molar-refractivity contribution >= 4 is 0 Å². The van der Waals surface area contributed by atoms with Gasteiger partial charge in [-0.15, -0.1) is 0 Å². The lowest BCUT2D eigenvalue weighted by molar-refractivity contribution is -0.262. The minimum absolute atomic E-state index is 0.156. The standard InChI is InChI=1S/C13H20O3/c1-3-16-13-6-10-4-11(14,8-13)7-12(5-10,9-13)15-2/h3,10,14H,1,4-9H2,2H3. The van der Waals surface area contributed by atoms with Crippen LogP contribution in [0.5, 0.6) is 0 Å². The third-order valence-electron chi connectivity index (χ3n) is 4.70. The van der Waals surface area contributed by atoms with Gasteiger partial charge in [-0.2, -0.15) is 0 Å². The maximum absolute atomic E-state index is 10.6. The summed E-state index contributed by atoms with van der Waals surface area (Å²) in [7, 11) is 1.76. The summed E-state index contributed by atoms with van der Waals surface area (Å²) >= 11 is 0. The molecule has 0 aromatic rings. The summed E-state index contributed by atoms with van der Waals surface area (Å²) in [5, 5.41) is 10.6. The molecule has 0 heterocycles. The molecule has 4 aliphatic rings.